The van der Waals surface area contributed by atoms with E-state index in [1.807, 2.05) is 0 Å². The van der Waals surface area contributed by atoms with Crippen LogP contribution in [0.5, 0.6) is 0 Å². The van der Waals surface area contributed by atoms with Crippen molar-refractivity contribution in [1.29, 1.82) is 0 Å². The number of hydrogen-bond donors (Lipinski definition) is 1. The topological polar surface area (TPSA) is 35.9 Å². The molecule has 0 aromatic heterocycles. The largest absolute Gasteiger partial charge is 0.396 e. The van der Waals surface area contributed by atoms with Crippen LogP contribution in [0.3, 0.4) is 0 Å². The Kier molecular flexibility index (Phi) is 5.01. The molecular formula is C14H28N2O2. The highest BCUT2D eigenvalue weighted by Gasteiger charge is 2.35. The van der Waals surface area contributed by atoms with Crippen LogP contribution >= 0.6 is 0 Å². The van der Waals surface area contributed by atoms with Crippen LogP contribution in [0.4, 0.5) is 0 Å². The molecule has 0 amide bonds. The van der Waals surface area contributed by atoms with Crippen LogP contribution < -0.4 is 0 Å². The van der Waals surface area contributed by atoms with Gasteiger partial charge in [0.15, 0.2) is 0 Å². The number of nitrogens with zero attached hydrogens (tertiary/aromatic N) is 2. The average Bonchev–Trinajstić information content (AvgIpc) is 2.40. The normalized spacial score (nSPS) is 35.8. The molecule has 0 spiro atoms. The van der Waals surface area contributed by atoms with E-state index in [4.69, 9.17) is 4.74 Å². The zero-order valence-electron chi connectivity index (χ0n) is 11.9. The van der Waals surface area contributed by atoms with Crippen molar-refractivity contribution >= 4 is 0 Å². The molecule has 0 aliphatic carbocycles. The first-order valence-corrected chi connectivity index (χ1v) is 7.34. The molecule has 2 unspecified atom stereocenters. The molecule has 2 aliphatic rings. The van der Waals surface area contributed by atoms with Gasteiger partial charge in [0.2, 0.25) is 0 Å². The van der Waals surface area contributed by atoms with E-state index >= 15 is 0 Å². The fraction of sp³-hybridized carbons (Fsp3) is 1.00. The van der Waals surface area contributed by atoms with Gasteiger partial charge < -0.3 is 9.84 Å². The molecule has 4 heteroatoms. The van der Waals surface area contributed by atoms with Crippen molar-refractivity contribution in [2.24, 2.45) is 5.41 Å². The van der Waals surface area contributed by atoms with Gasteiger partial charge in [-0.05, 0) is 26.3 Å². The van der Waals surface area contributed by atoms with Gasteiger partial charge in [0, 0.05) is 44.2 Å². The minimum atomic E-state index is -0.00758. The Morgan fingerprint density at radius 2 is 2.22 bits per heavy atom. The fourth-order valence-corrected chi connectivity index (χ4v) is 3.37. The summed E-state index contributed by atoms with van der Waals surface area (Å²) in [6.45, 7) is 11.9. The van der Waals surface area contributed by atoms with Crippen molar-refractivity contribution in [2.75, 3.05) is 52.5 Å². The second kappa shape index (κ2) is 6.33. The van der Waals surface area contributed by atoms with Crippen molar-refractivity contribution in [3.63, 3.8) is 0 Å². The molecule has 0 aromatic carbocycles. The number of ether oxygens (including phenoxy) is 1. The molecule has 2 saturated heterocycles. The minimum Gasteiger partial charge on any atom is -0.396 e. The molecule has 2 rings (SSSR count). The SMILES string of the molecule is CCN1CCN(CC2(CO)CCCOC2)CC1C. The summed E-state index contributed by atoms with van der Waals surface area (Å²) < 4.78 is 5.59. The minimum absolute atomic E-state index is 0.00758. The van der Waals surface area contributed by atoms with Gasteiger partial charge in [-0.1, -0.05) is 6.92 Å². The van der Waals surface area contributed by atoms with Crippen molar-refractivity contribution in [3.8, 4) is 0 Å². The second-order valence-corrected chi connectivity index (χ2v) is 6.03. The molecule has 18 heavy (non-hydrogen) atoms. The standard InChI is InChI=1S/C14H28N2O2/c1-3-16-7-6-15(9-13(16)2)10-14(11-17)5-4-8-18-12-14/h13,17H,3-12H2,1-2H3. The highest BCUT2D eigenvalue weighted by atomic mass is 16.5. The van der Waals surface area contributed by atoms with Crippen LogP contribution in [0.2, 0.25) is 0 Å². The number of rotatable bonds is 4. The Morgan fingerprint density at radius 1 is 1.39 bits per heavy atom. The molecule has 2 aliphatic heterocycles. The highest BCUT2D eigenvalue weighted by Crippen LogP contribution is 2.29. The Bertz CT molecular complexity index is 254. The summed E-state index contributed by atoms with van der Waals surface area (Å²) in [6.07, 6.45) is 2.19. The molecule has 0 aromatic rings. The Labute approximate surface area is 111 Å². The van der Waals surface area contributed by atoms with Crippen molar-refractivity contribution < 1.29 is 9.84 Å². The van der Waals surface area contributed by atoms with E-state index in [2.05, 4.69) is 23.6 Å². The molecule has 0 radical (unpaired) electrons. The van der Waals surface area contributed by atoms with Crippen molar-refractivity contribution in [1.82, 2.24) is 9.80 Å². The molecular weight excluding hydrogens is 228 g/mol. The predicted molar refractivity (Wildman–Crippen MR) is 72.7 cm³/mol. The van der Waals surface area contributed by atoms with Gasteiger partial charge in [0.1, 0.15) is 0 Å². The van der Waals surface area contributed by atoms with Crippen molar-refractivity contribution in [3.05, 3.63) is 0 Å². The van der Waals surface area contributed by atoms with Crippen molar-refractivity contribution in [2.45, 2.75) is 32.7 Å². The summed E-state index contributed by atoms with van der Waals surface area (Å²) in [5.74, 6) is 0. The molecule has 1 N–H and O–H groups in total. The molecule has 106 valence electrons. The number of hydrogen-bond acceptors (Lipinski definition) is 4. The van der Waals surface area contributed by atoms with Gasteiger partial charge in [-0.15, -0.1) is 0 Å². The van der Waals surface area contributed by atoms with E-state index in [9.17, 15) is 5.11 Å². The Balaban J connectivity index is 1.88. The van der Waals surface area contributed by atoms with Gasteiger partial charge in [0.25, 0.3) is 0 Å². The summed E-state index contributed by atoms with van der Waals surface area (Å²) in [5.41, 5.74) is -0.00758. The third kappa shape index (κ3) is 3.23. The smallest absolute Gasteiger partial charge is 0.0556 e. The lowest BCUT2D eigenvalue weighted by Gasteiger charge is -2.44. The van der Waals surface area contributed by atoms with Gasteiger partial charge >= 0.3 is 0 Å². The van der Waals surface area contributed by atoms with E-state index in [1.165, 1.54) is 0 Å². The maximum atomic E-state index is 9.72. The van der Waals surface area contributed by atoms with Crippen LogP contribution in [-0.4, -0.2) is 73.5 Å². The number of likely N-dealkylation sites (N-methyl/N-ethyl adjacent to an activating group) is 1. The van der Waals surface area contributed by atoms with Crippen LogP contribution in [0.25, 0.3) is 0 Å². The quantitative estimate of drug-likeness (QED) is 0.807. The summed E-state index contributed by atoms with van der Waals surface area (Å²) in [7, 11) is 0. The zero-order valence-corrected chi connectivity index (χ0v) is 11.9. The fourth-order valence-electron chi connectivity index (χ4n) is 3.37. The molecule has 4 nitrogen and oxygen atoms in total. The zero-order chi connectivity index (χ0) is 13.0. The molecule has 0 saturated carbocycles. The maximum absolute atomic E-state index is 9.72. The summed E-state index contributed by atoms with van der Waals surface area (Å²) in [4.78, 5) is 5.04. The second-order valence-electron chi connectivity index (χ2n) is 6.03. The average molecular weight is 256 g/mol. The van der Waals surface area contributed by atoms with E-state index in [1.54, 1.807) is 0 Å². The summed E-state index contributed by atoms with van der Waals surface area (Å²) in [5, 5.41) is 9.72. The monoisotopic (exact) mass is 256 g/mol. The number of aliphatic hydroxyl groups is 1. The van der Waals surface area contributed by atoms with Crippen LogP contribution in [0, 0.1) is 5.41 Å². The van der Waals surface area contributed by atoms with E-state index in [0.717, 1.165) is 58.8 Å². The molecule has 2 atom stereocenters. The summed E-state index contributed by atoms with van der Waals surface area (Å²) >= 11 is 0. The first kappa shape index (κ1) is 14.3. The highest BCUT2D eigenvalue weighted by molar-refractivity contribution is 4.88. The van der Waals surface area contributed by atoms with E-state index in [0.29, 0.717) is 6.04 Å². The molecule has 0 bridgehead atoms. The third-order valence-electron chi connectivity index (χ3n) is 4.55. The Morgan fingerprint density at radius 3 is 2.78 bits per heavy atom. The van der Waals surface area contributed by atoms with E-state index < -0.39 is 0 Å². The lowest BCUT2D eigenvalue weighted by molar-refractivity contribution is -0.0638. The van der Waals surface area contributed by atoms with Gasteiger partial charge in [0.05, 0.1) is 13.2 Å². The first-order chi connectivity index (χ1) is 8.69. The van der Waals surface area contributed by atoms with E-state index in [-0.39, 0.29) is 12.0 Å². The van der Waals surface area contributed by atoms with Crippen LogP contribution in [0.15, 0.2) is 0 Å². The third-order valence-corrected chi connectivity index (χ3v) is 4.55. The first-order valence-electron chi connectivity index (χ1n) is 7.34. The van der Waals surface area contributed by atoms with Gasteiger partial charge in [-0.2, -0.15) is 0 Å². The lowest BCUT2D eigenvalue weighted by Crippen LogP contribution is -2.55. The van der Waals surface area contributed by atoms with Gasteiger partial charge in [-0.3, -0.25) is 9.80 Å². The molecule has 2 fully saturated rings. The number of aliphatic hydroxyl groups excluding tert-OH is 1. The maximum Gasteiger partial charge on any atom is 0.0556 e. The van der Waals surface area contributed by atoms with Gasteiger partial charge in [-0.25, -0.2) is 0 Å². The lowest BCUT2D eigenvalue weighted by atomic mass is 9.82. The molecule has 2 heterocycles. The van der Waals surface area contributed by atoms with Crippen LogP contribution in [0.1, 0.15) is 26.7 Å². The predicted octanol–water partition coefficient (Wildman–Crippen LogP) is 0.802. The van der Waals surface area contributed by atoms with Crippen LogP contribution in [-0.2, 0) is 4.74 Å². The Hall–Kier alpha value is -0.160. The summed E-state index contributed by atoms with van der Waals surface area (Å²) in [6, 6.07) is 0.629. The number of piperazine rings is 1.